The quantitative estimate of drug-likeness (QED) is 0.770. The first kappa shape index (κ1) is 15.0. The lowest BCUT2D eigenvalue weighted by atomic mass is 10.1. The molecule has 2 heterocycles. The second-order valence-electron chi connectivity index (χ2n) is 5.08. The van der Waals surface area contributed by atoms with Crippen molar-refractivity contribution in [2.24, 2.45) is 0 Å². The smallest absolute Gasteiger partial charge is 0.262 e. The van der Waals surface area contributed by atoms with Gasteiger partial charge in [0.1, 0.15) is 17.0 Å². The molecule has 0 saturated heterocycles. The number of hydrogen-bond acceptors (Lipinski definition) is 4. The highest BCUT2D eigenvalue weighted by Crippen LogP contribution is 2.20. The largest absolute Gasteiger partial charge is 0.442 e. The highest BCUT2D eigenvalue weighted by atomic mass is 19.1. The average molecular weight is 315 g/mol. The minimum atomic E-state index is -0.429. The van der Waals surface area contributed by atoms with Gasteiger partial charge < -0.3 is 14.7 Å². The fourth-order valence-electron chi connectivity index (χ4n) is 2.43. The van der Waals surface area contributed by atoms with Crippen molar-refractivity contribution >= 4 is 17.0 Å². The molecule has 7 heteroatoms. The monoisotopic (exact) mass is 315 g/mol. The number of hydrogen-bond donors (Lipinski definition) is 2. The van der Waals surface area contributed by atoms with E-state index >= 15 is 0 Å². The molecule has 118 valence electrons. The van der Waals surface area contributed by atoms with E-state index < -0.39 is 11.5 Å². The van der Waals surface area contributed by atoms with E-state index in [1.54, 1.807) is 19.1 Å². The summed E-state index contributed by atoms with van der Waals surface area (Å²) in [7, 11) is 0. The first-order chi connectivity index (χ1) is 11.1. The number of rotatable bonds is 4. The number of furan rings is 1. The molecule has 1 aromatic carbocycles. The maximum Gasteiger partial charge on any atom is 0.262 e. The molecule has 2 aromatic heterocycles. The molecule has 0 atom stereocenters. The Bertz CT molecular complexity index is 930. The number of fused-ring (bicyclic) bond motifs is 1. The molecule has 0 aliphatic heterocycles. The van der Waals surface area contributed by atoms with Crippen molar-refractivity contribution in [2.45, 2.75) is 13.3 Å². The van der Waals surface area contributed by atoms with Gasteiger partial charge in [-0.3, -0.25) is 9.59 Å². The van der Waals surface area contributed by atoms with Crippen LogP contribution >= 0.6 is 0 Å². The van der Waals surface area contributed by atoms with Gasteiger partial charge in [-0.2, -0.15) is 0 Å². The fourth-order valence-corrected chi connectivity index (χ4v) is 2.43. The summed E-state index contributed by atoms with van der Waals surface area (Å²) in [6.07, 6.45) is 1.70. The Morgan fingerprint density at radius 1 is 1.43 bits per heavy atom. The van der Waals surface area contributed by atoms with E-state index in [4.69, 9.17) is 4.42 Å². The van der Waals surface area contributed by atoms with E-state index in [9.17, 15) is 14.0 Å². The molecule has 0 spiro atoms. The molecule has 0 aliphatic carbocycles. The number of carbonyl (C=O) groups excluding carboxylic acids is 1. The molecule has 2 N–H and O–H groups in total. The van der Waals surface area contributed by atoms with Gasteiger partial charge in [0.05, 0.1) is 11.9 Å². The van der Waals surface area contributed by atoms with Crippen molar-refractivity contribution in [1.82, 2.24) is 15.3 Å². The van der Waals surface area contributed by atoms with Crippen molar-refractivity contribution in [3.63, 3.8) is 0 Å². The van der Waals surface area contributed by atoms with Gasteiger partial charge in [0, 0.05) is 6.54 Å². The maximum atomic E-state index is 13.1. The van der Waals surface area contributed by atoms with E-state index in [1.807, 2.05) is 0 Å². The Kier molecular flexibility index (Phi) is 3.92. The molecule has 23 heavy (non-hydrogen) atoms. The predicted octanol–water partition coefficient (Wildman–Crippen LogP) is 1.94. The van der Waals surface area contributed by atoms with Crippen LogP contribution in [0.5, 0.6) is 0 Å². The van der Waals surface area contributed by atoms with Gasteiger partial charge in [0.2, 0.25) is 5.71 Å². The van der Waals surface area contributed by atoms with Crippen LogP contribution in [-0.4, -0.2) is 22.4 Å². The van der Waals surface area contributed by atoms with Crippen molar-refractivity contribution in [3.05, 3.63) is 63.7 Å². The van der Waals surface area contributed by atoms with Crippen LogP contribution in [0.4, 0.5) is 4.39 Å². The van der Waals surface area contributed by atoms with Gasteiger partial charge in [-0.25, -0.2) is 9.37 Å². The standard InChI is InChI=1S/C16H14FN3O3/c1-9-12(13-15(22)19-8-20-16(13)23-9)14(21)18-6-5-10-3-2-4-11(17)7-10/h2-4,7-8H,5-6H2,1H3,(H,18,21)(H,19,20,22). The lowest BCUT2D eigenvalue weighted by molar-refractivity contribution is 0.0954. The molecule has 6 nitrogen and oxygen atoms in total. The Morgan fingerprint density at radius 2 is 2.26 bits per heavy atom. The van der Waals surface area contributed by atoms with Gasteiger partial charge in [0.15, 0.2) is 0 Å². The zero-order valence-corrected chi connectivity index (χ0v) is 12.4. The summed E-state index contributed by atoms with van der Waals surface area (Å²) in [5.74, 6) is -0.410. The Labute approximate surface area is 130 Å². The van der Waals surface area contributed by atoms with Gasteiger partial charge in [0.25, 0.3) is 11.5 Å². The van der Waals surface area contributed by atoms with E-state index in [2.05, 4.69) is 15.3 Å². The molecule has 3 rings (SSSR count). The van der Waals surface area contributed by atoms with Crippen LogP contribution in [0.1, 0.15) is 21.7 Å². The lowest BCUT2D eigenvalue weighted by Crippen LogP contribution is -2.27. The zero-order valence-electron chi connectivity index (χ0n) is 12.4. The highest BCUT2D eigenvalue weighted by molar-refractivity contribution is 6.06. The molecule has 0 aliphatic rings. The van der Waals surface area contributed by atoms with E-state index in [1.165, 1.54) is 18.5 Å². The summed E-state index contributed by atoms with van der Waals surface area (Å²) in [5, 5.41) is 2.84. The Balaban J connectivity index is 1.76. The van der Waals surface area contributed by atoms with Crippen LogP contribution in [0.15, 0.2) is 39.8 Å². The number of halogens is 1. The van der Waals surface area contributed by atoms with Gasteiger partial charge in [-0.1, -0.05) is 12.1 Å². The number of nitrogens with zero attached hydrogens (tertiary/aromatic N) is 1. The Hall–Kier alpha value is -2.96. The lowest BCUT2D eigenvalue weighted by Gasteiger charge is -2.05. The molecule has 3 aromatic rings. The summed E-state index contributed by atoms with van der Waals surface area (Å²) in [6.45, 7) is 1.91. The van der Waals surface area contributed by atoms with E-state index in [0.29, 0.717) is 18.7 Å². The maximum absolute atomic E-state index is 13.1. The number of H-pyrrole nitrogens is 1. The third-order valence-electron chi connectivity index (χ3n) is 3.49. The molecular formula is C16H14FN3O3. The average Bonchev–Trinajstić information content (AvgIpc) is 2.85. The van der Waals surface area contributed by atoms with Crippen LogP contribution in [0.3, 0.4) is 0 Å². The highest BCUT2D eigenvalue weighted by Gasteiger charge is 2.21. The predicted molar refractivity (Wildman–Crippen MR) is 81.8 cm³/mol. The second-order valence-corrected chi connectivity index (χ2v) is 5.08. The summed E-state index contributed by atoms with van der Waals surface area (Å²) in [4.78, 5) is 30.5. The SMILES string of the molecule is Cc1oc2nc[nH]c(=O)c2c1C(=O)NCCc1cccc(F)c1. The van der Waals surface area contributed by atoms with E-state index in [-0.39, 0.29) is 22.5 Å². The minimum Gasteiger partial charge on any atom is -0.442 e. The van der Waals surface area contributed by atoms with Crippen molar-refractivity contribution in [1.29, 1.82) is 0 Å². The van der Waals surface area contributed by atoms with Crippen LogP contribution in [0.25, 0.3) is 11.1 Å². The summed E-state index contributed by atoms with van der Waals surface area (Å²) in [6, 6.07) is 6.18. The van der Waals surface area contributed by atoms with E-state index in [0.717, 1.165) is 5.56 Å². The Morgan fingerprint density at radius 3 is 3.04 bits per heavy atom. The first-order valence-electron chi connectivity index (χ1n) is 7.05. The van der Waals surface area contributed by atoms with Gasteiger partial charge in [-0.05, 0) is 31.0 Å². The van der Waals surface area contributed by atoms with Crippen LogP contribution in [0.2, 0.25) is 0 Å². The normalized spacial score (nSPS) is 10.9. The molecule has 0 saturated carbocycles. The number of aromatic amines is 1. The number of aryl methyl sites for hydroxylation is 1. The number of aromatic nitrogens is 2. The summed E-state index contributed by atoms with van der Waals surface area (Å²) in [5.41, 5.74) is 0.649. The van der Waals surface area contributed by atoms with Crippen molar-refractivity contribution in [2.75, 3.05) is 6.54 Å². The van der Waals surface area contributed by atoms with Crippen molar-refractivity contribution in [3.8, 4) is 0 Å². The molecule has 0 radical (unpaired) electrons. The van der Waals surface area contributed by atoms with Gasteiger partial charge in [-0.15, -0.1) is 0 Å². The molecular weight excluding hydrogens is 301 g/mol. The van der Waals surface area contributed by atoms with Crippen LogP contribution in [0, 0.1) is 12.7 Å². The topological polar surface area (TPSA) is 88.0 Å². The third kappa shape index (κ3) is 2.98. The number of nitrogens with one attached hydrogen (secondary N) is 2. The second kappa shape index (κ2) is 6.04. The van der Waals surface area contributed by atoms with Crippen LogP contribution < -0.4 is 10.9 Å². The minimum absolute atomic E-state index is 0.126. The molecule has 0 fully saturated rings. The molecule has 0 unspecified atom stereocenters. The zero-order chi connectivity index (χ0) is 16.4. The van der Waals surface area contributed by atoms with Gasteiger partial charge >= 0.3 is 0 Å². The molecule has 1 amide bonds. The van der Waals surface area contributed by atoms with Crippen molar-refractivity contribution < 1.29 is 13.6 Å². The third-order valence-corrected chi connectivity index (χ3v) is 3.49. The fraction of sp³-hybridized carbons (Fsp3) is 0.188. The number of amides is 1. The number of benzene rings is 1. The first-order valence-corrected chi connectivity index (χ1v) is 7.05. The van der Waals surface area contributed by atoms with Crippen LogP contribution in [-0.2, 0) is 6.42 Å². The summed E-state index contributed by atoms with van der Waals surface area (Å²) < 4.78 is 18.4. The molecule has 0 bridgehead atoms. The summed E-state index contributed by atoms with van der Waals surface area (Å²) >= 11 is 0. The number of carbonyl (C=O) groups is 1.